The number of alkyl halides is 2. The monoisotopic (exact) mass is 473 g/mol. The van der Waals surface area contributed by atoms with E-state index in [4.69, 9.17) is 4.74 Å². The normalized spacial score (nSPS) is 18.3. The second-order valence-corrected chi connectivity index (χ2v) is 8.19. The zero-order valence-electron chi connectivity index (χ0n) is 19.1. The van der Waals surface area contributed by atoms with Crippen LogP contribution >= 0.6 is 0 Å². The second kappa shape index (κ2) is 10.2. The van der Waals surface area contributed by atoms with Crippen LogP contribution in [0.15, 0.2) is 36.5 Å². The smallest absolute Gasteiger partial charge is 0.242 e. The van der Waals surface area contributed by atoms with E-state index in [0.717, 1.165) is 11.8 Å². The fourth-order valence-corrected chi connectivity index (χ4v) is 3.92. The molecule has 1 aromatic carbocycles. The van der Waals surface area contributed by atoms with E-state index in [1.807, 2.05) is 18.7 Å². The molecule has 4 rings (SSSR count). The van der Waals surface area contributed by atoms with Crippen LogP contribution in [0, 0.1) is 5.82 Å². The molecule has 3 heterocycles. The largest absolute Gasteiger partial charge is 0.372 e. The lowest BCUT2D eigenvalue weighted by Gasteiger charge is -2.35. The Morgan fingerprint density at radius 2 is 1.79 bits per heavy atom. The van der Waals surface area contributed by atoms with E-state index in [9.17, 15) is 13.2 Å². The van der Waals surface area contributed by atoms with Gasteiger partial charge in [-0.1, -0.05) is 24.3 Å². The number of nitrogens with one attached hydrogen (secondary N) is 2. The summed E-state index contributed by atoms with van der Waals surface area (Å²) in [6.45, 7) is 5.12. The molecule has 2 atom stereocenters. The van der Waals surface area contributed by atoms with Crippen molar-refractivity contribution < 1.29 is 17.9 Å². The number of nitrogens with zero attached hydrogens (tertiary/aromatic N) is 5. The molecule has 1 aliphatic rings. The fraction of sp³-hybridized carbons (Fsp3) is 0.391. The van der Waals surface area contributed by atoms with E-state index < -0.39 is 12.2 Å². The third kappa shape index (κ3) is 5.53. The number of benzene rings is 1. The maximum atomic E-state index is 14.5. The number of aromatic nitrogens is 4. The Balaban J connectivity index is 1.60. The van der Waals surface area contributed by atoms with Gasteiger partial charge in [-0.2, -0.15) is 4.98 Å². The van der Waals surface area contributed by atoms with Gasteiger partial charge < -0.3 is 20.3 Å². The van der Waals surface area contributed by atoms with Crippen molar-refractivity contribution in [2.75, 3.05) is 35.7 Å². The molecule has 0 amide bonds. The van der Waals surface area contributed by atoms with Gasteiger partial charge in [0, 0.05) is 32.1 Å². The minimum absolute atomic E-state index is 0.00316. The molecule has 180 valence electrons. The van der Waals surface area contributed by atoms with Crippen LogP contribution in [0.2, 0.25) is 0 Å². The van der Waals surface area contributed by atoms with Crippen LogP contribution in [0.4, 0.5) is 36.6 Å². The predicted molar refractivity (Wildman–Crippen MR) is 124 cm³/mol. The van der Waals surface area contributed by atoms with Crippen LogP contribution in [0.1, 0.15) is 19.4 Å². The SMILES string of the molecule is CNc1nnc(Nc2nc(N3C[C@@H](C)O[C@@H](C)C3)ncc2F)cc1-c1ccc(CC(F)F)cc1. The van der Waals surface area contributed by atoms with Gasteiger partial charge >= 0.3 is 0 Å². The highest BCUT2D eigenvalue weighted by molar-refractivity contribution is 5.77. The molecule has 0 saturated carbocycles. The molecule has 2 aromatic heterocycles. The highest BCUT2D eigenvalue weighted by atomic mass is 19.3. The first-order valence-electron chi connectivity index (χ1n) is 10.9. The second-order valence-electron chi connectivity index (χ2n) is 8.19. The number of halogens is 3. The summed E-state index contributed by atoms with van der Waals surface area (Å²) >= 11 is 0. The van der Waals surface area contributed by atoms with Crippen molar-refractivity contribution in [1.82, 2.24) is 20.2 Å². The lowest BCUT2D eigenvalue weighted by atomic mass is 10.0. The number of anilines is 4. The maximum absolute atomic E-state index is 14.5. The molecule has 8 nitrogen and oxygen atoms in total. The molecule has 2 N–H and O–H groups in total. The molecule has 0 aliphatic carbocycles. The van der Waals surface area contributed by atoms with E-state index in [1.54, 1.807) is 37.4 Å². The zero-order chi connectivity index (χ0) is 24.2. The molecular formula is C23H26F3N7O. The number of hydrogen-bond acceptors (Lipinski definition) is 8. The lowest BCUT2D eigenvalue weighted by Crippen LogP contribution is -2.46. The molecule has 1 saturated heterocycles. The maximum Gasteiger partial charge on any atom is 0.242 e. The summed E-state index contributed by atoms with van der Waals surface area (Å²) < 4.78 is 45.6. The molecule has 0 spiro atoms. The average molecular weight is 474 g/mol. The first-order chi connectivity index (χ1) is 16.3. The minimum Gasteiger partial charge on any atom is -0.372 e. The van der Waals surface area contributed by atoms with E-state index in [1.165, 1.54) is 0 Å². The van der Waals surface area contributed by atoms with Gasteiger partial charge in [0.2, 0.25) is 12.4 Å². The highest BCUT2D eigenvalue weighted by Crippen LogP contribution is 2.30. The Morgan fingerprint density at radius 3 is 2.44 bits per heavy atom. The Labute approximate surface area is 195 Å². The zero-order valence-corrected chi connectivity index (χ0v) is 19.1. The Hall–Kier alpha value is -3.47. The summed E-state index contributed by atoms with van der Waals surface area (Å²) in [5.74, 6) is 0.503. The van der Waals surface area contributed by atoms with Crippen molar-refractivity contribution in [2.45, 2.75) is 38.9 Å². The predicted octanol–water partition coefficient (Wildman–Crippen LogP) is 4.28. The van der Waals surface area contributed by atoms with E-state index in [-0.39, 0.29) is 30.3 Å². The topological polar surface area (TPSA) is 88.1 Å². The lowest BCUT2D eigenvalue weighted by molar-refractivity contribution is -0.00572. The molecule has 34 heavy (non-hydrogen) atoms. The standard InChI is InChI=1S/C23H26F3N7O/c1-13-11-33(12-14(2)34-13)23-28-10-18(24)22(30-23)29-20-9-17(21(27-3)32-31-20)16-6-4-15(5-7-16)8-19(25)26/h4-7,9-10,13-14,19H,8,11-12H2,1-3H3,(H,27,32)(H,28,29,30,31)/t13-,14+. The molecule has 1 aliphatic heterocycles. The van der Waals surface area contributed by atoms with Crippen LogP contribution in [0.25, 0.3) is 11.1 Å². The van der Waals surface area contributed by atoms with E-state index in [0.29, 0.717) is 36.0 Å². The Bertz CT molecular complexity index is 1120. The first-order valence-corrected chi connectivity index (χ1v) is 10.9. The molecule has 3 aromatic rings. The molecule has 0 bridgehead atoms. The van der Waals surface area contributed by atoms with E-state index in [2.05, 4.69) is 30.8 Å². The Morgan fingerprint density at radius 1 is 1.09 bits per heavy atom. The van der Waals surface area contributed by atoms with Gasteiger partial charge in [0.15, 0.2) is 23.3 Å². The van der Waals surface area contributed by atoms with Gasteiger partial charge in [0.25, 0.3) is 0 Å². The van der Waals surface area contributed by atoms with Gasteiger partial charge in [-0.05, 0) is 31.0 Å². The van der Waals surface area contributed by atoms with Crippen LogP contribution < -0.4 is 15.5 Å². The summed E-state index contributed by atoms with van der Waals surface area (Å²) in [6, 6.07) is 8.47. The summed E-state index contributed by atoms with van der Waals surface area (Å²) in [7, 11) is 1.70. The number of morpholine rings is 1. The quantitative estimate of drug-likeness (QED) is 0.526. The van der Waals surface area contributed by atoms with Crippen molar-refractivity contribution in [3.8, 4) is 11.1 Å². The van der Waals surface area contributed by atoms with Crippen LogP contribution in [0.5, 0.6) is 0 Å². The summed E-state index contributed by atoms with van der Waals surface area (Å²) in [5, 5.41) is 14.1. The number of ether oxygens (including phenoxy) is 1. The highest BCUT2D eigenvalue weighted by Gasteiger charge is 2.25. The van der Waals surface area contributed by atoms with Gasteiger partial charge in [-0.25, -0.2) is 18.2 Å². The third-order valence-electron chi connectivity index (χ3n) is 5.37. The van der Waals surface area contributed by atoms with Crippen molar-refractivity contribution in [1.29, 1.82) is 0 Å². The van der Waals surface area contributed by atoms with Gasteiger partial charge in [-0.3, -0.25) is 0 Å². The number of rotatable bonds is 7. The minimum atomic E-state index is -2.41. The van der Waals surface area contributed by atoms with Gasteiger partial charge in [-0.15, -0.1) is 10.2 Å². The fourth-order valence-electron chi connectivity index (χ4n) is 3.92. The molecule has 1 fully saturated rings. The van der Waals surface area contributed by atoms with Crippen LogP contribution in [-0.2, 0) is 11.2 Å². The van der Waals surface area contributed by atoms with Crippen LogP contribution in [0.3, 0.4) is 0 Å². The van der Waals surface area contributed by atoms with Gasteiger partial charge in [0.1, 0.15) is 0 Å². The third-order valence-corrected chi connectivity index (χ3v) is 5.37. The summed E-state index contributed by atoms with van der Waals surface area (Å²) in [4.78, 5) is 10.5. The number of hydrogen-bond donors (Lipinski definition) is 2. The van der Waals surface area contributed by atoms with Gasteiger partial charge in [0.05, 0.1) is 18.4 Å². The molecule has 11 heteroatoms. The molecule has 0 unspecified atom stereocenters. The average Bonchev–Trinajstić information content (AvgIpc) is 2.80. The van der Waals surface area contributed by atoms with Crippen molar-refractivity contribution in [3.05, 3.63) is 47.9 Å². The first kappa shape index (κ1) is 23.7. The molecular weight excluding hydrogens is 447 g/mol. The van der Waals surface area contributed by atoms with Crippen molar-refractivity contribution in [2.24, 2.45) is 0 Å². The van der Waals surface area contributed by atoms with E-state index >= 15 is 0 Å². The molecule has 0 radical (unpaired) electrons. The summed E-state index contributed by atoms with van der Waals surface area (Å²) in [6.07, 6.45) is -1.59. The Kier molecular flexibility index (Phi) is 7.11. The summed E-state index contributed by atoms with van der Waals surface area (Å²) in [5.41, 5.74) is 1.96. The van der Waals surface area contributed by atoms with Crippen molar-refractivity contribution in [3.63, 3.8) is 0 Å². The van der Waals surface area contributed by atoms with Crippen LogP contribution in [-0.4, -0.2) is 58.9 Å². The van der Waals surface area contributed by atoms with Crippen molar-refractivity contribution >= 4 is 23.4 Å².